The molecule has 1 aliphatic rings. The third-order valence-electron chi connectivity index (χ3n) is 5.08. The van der Waals surface area contributed by atoms with Gasteiger partial charge in [-0.1, -0.05) is 6.92 Å². The number of hydrogen-bond acceptors (Lipinski definition) is 5. The maximum atomic E-state index is 12.7. The maximum absolute atomic E-state index is 12.7. The Hall–Kier alpha value is -2.15. The number of oxazole rings is 1. The Kier molecular flexibility index (Phi) is 5.18. The summed E-state index contributed by atoms with van der Waals surface area (Å²) in [6.45, 7) is 3.86. The van der Waals surface area contributed by atoms with Gasteiger partial charge < -0.3 is 9.52 Å². The summed E-state index contributed by atoms with van der Waals surface area (Å²) >= 11 is 0. The van der Waals surface area contributed by atoms with Gasteiger partial charge in [-0.2, -0.15) is 0 Å². The van der Waals surface area contributed by atoms with E-state index in [2.05, 4.69) is 11.9 Å². The predicted octanol–water partition coefficient (Wildman–Crippen LogP) is 3.84. The second-order valence-electron chi connectivity index (χ2n) is 7.09. The summed E-state index contributed by atoms with van der Waals surface area (Å²) in [6, 6.07) is 6.15. The van der Waals surface area contributed by atoms with E-state index in [1.54, 1.807) is 19.1 Å². The Morgan fingerprint density at radius 1 is 1.19 bits per heavy atom. The number of aromatic nitrogens is 1. The lowest BCUT2D eigenvalue weighted by atomic mass is 9.91. The molecule has 6 nitrogen and oxygen atoms in total. The van der Waals surface area contributed by atoms with E-state index in [9.17, 15) is 13.2 Å². The van der Waals surface area contributed by atoms with Crippen LogP contribution in [0.4, 0.5) is 0 Å². The summed E-state index contributed by atoms with van der Waals surface area (Å²) in [5.41, 5.74) is 1.22. The predicted molar refractivity (Wildman–Crippen MR) is 97.7 cm³/mol. The molecule has 0 atom stereocenters. The van der Waals surface area contributed by atoms with Crippen LogP contribution >= 0.6 is 0 Å². The number of hydrogen-bond donors (Lipinski definition) is 1. The van der Waals surface area contributed by atoms with Crippen LogP contribution in [0.1, 0.15) is 54.4 Å². The van der Waals surface area contributed by atoms with Crippen molar-refractivity contribution in [2.24, 2.45) is 5.92 Å². The van der Waals surface area contributed by atoms with Gasteiger partial charge in [0.25, 0.3) is 0 Å². The number of carboxylic acids is 1. The number of aromatic carboxylic acids is 1. The first kappa shape index (κ1) is 18.6. The van der Waals surface area contributed by atoms with Gasteiger partial charge in [-0.3, -0.25) is 0 Å². The summed E-state index contributed by atoms with van der Waals surface area (Å²) in [5, 5.41) is 8.66. The van der Waals surface area contributed by atoms with E-state index in [0.29, 0.717) is 41.7 Å². The lowest BCUT2D eigenvalue weighted by molar-refractivity contribution is 0.0697. The second-order valence-corrected chi connectivity index (χ2v) is 9.37. The molecule has 0 saturated heterocycles. The largest absolute Gasteiger partial charge is 0.478 e. The van der Waals surface area contributed by atoms with Crippen molar-refractivity contribution in [2.75, 3.05) is 0 Å². The summed E-state index contributed by atoms with van der Waals surface area (Å²) in [7, 11) is -3.27. The number of benzene rings is 1. The van der Waals surface area contributed by atoms with Gasteiger partial charge in [-0.15, -0.1) is 0 Å². The fraction of sp³-hybridized carbons (Fsp3) is 0.474. The van der Waals surface area contributed by atoms with Gasteiger partial charge in [0.15, 0.2) is 9.84 Å². The Morgan fingerprint density at radius 3 is 2.38 bits per heavy atom. The number of carboxylic acid groups (broad SMARTS) is 1. The van der Waals surface area contributed by atoms with Crippen molar-refractivity contribution in [2.45, 2.75) is 50.5 Å². The molecule has 1 heterocycles. The third kappa shape index (κ3) is 3.98. The van der Waals surface area contributed by atoms with Crippen LogP contribution in [0, 0.1) is 12.8 Å². The molecule has 1 fully saturated rings. The quantitative estimate of drug-likeness (QED) is 0.850. The van der Waals surface area contributed by atoms with E-state index in [1.165, 1.54) is 12.1 Å². The van der Waals surface area contributed by atoms with Crippen molar-refractivity contribution in [1.82, 2.24) is 4.98 Å². The van der Waals surface area contributed by atoms with Gasteiger partial charge in [0, 0.05) is 5.56 Å². The highest BCUT2D eigenvalue weighted by atomic mass is 32.2. The molecule has 0 unspecified atom stereocenters. The summed E-state index contributed by atoms with van der Waals surface area (Å²) < 4.78 is 31.1. The second kappa shape index (κ2) is 7.23. The average Bonchev–Trinajstić information content (AvgIpc) is 2.95. The maximum Gasteiger partial charge on any atom is 0.335 e. The number of rotatable bonds is 5. The van der Waals surface area contributed by atoms with Crippen LogP contribution in [0.5, 0.6) is 0 Å². The Morgan fingerprint density at radius 2 is 1.81 bits per heavy atom. The Labute approximate surface area is 153 Å². The van der Waals surface area contributed by atoms with Gasteiger partial charge in [-0.05, 0) is 62.8 Å². The van der Waals surface area contributed by atoms with E-state index in [4.69, 9.17) is 9.52 Å². The molecule has 0 bridgehead atoms. The van der Waals surface area contributed by atoms with Crippen molar-refractivity contribution in [1.29, 1.82) is 0 Å². The van der Waals surface area contributed by atoms with Crippen LogP contribution in [0.2, 0.25) is 0 Å². The molecule has 26 heavy (non-hydrogen) atoms. The molecule has 1 aliphatic carbocycles. The zero-order valence-corrected chi connectivity index (χ0v) is 15.8. The monoisotopic (exact) mass is 377 g/mol. The summed E-state index contributed by atoms with van der Waals surface area (Å²) in [4.78, 5) is 15.3. The minimum Gasteiger partial charge on any atom is -0.478 e. The highest BCUT2D eigenvalue weighted by molar-refractivity contribution is 7.91. The molecule has 0 radical (unpaired) electrons. The molecule has 1 N–H and O–H groups in total. The van der Waals surface area contributed by atoms with E-state index in [0.717, 1.165) is 12.8 Å². The smallest absolute Gasteiger partial charge is 0.335 e. The molecule has 7 heteroatoms. The van der Waals surface area contributed by atoms with Crippen molar-refractivity contribution in [3.63, 3.8) is 0 Å². The first-order chi connectivity index (χ1) is 12.3. The van der Waals surface area contributed by atoms with Gasteiger partial charge >= 0.3 is 5.97 Å². The standard InChI is InChI=1S/C19H23NO5S/c1-12-3-9-16(10-4-12)26(23,24)11-17-13(2)25-18(20-17)14-5-7-15(8-6-14)19(21)22/h5-8,12,16H,3-4,9-11H2,1-2H3,(H,21,22). The zero-order valence-electron chi connectivity index (χ0n) is 14.9. The van der Waals surface area contributed by atoms with Crippen molar-refractivity contribution in [3.05, 3.63) is 41.3 Å². The molecule has 1 aromatic carbocycles. The molecule has 1 aromatic heterocycles. The molecule has 1 saturated carbocycles. The molecule has 140 valence electrons. The third-order valence-corrected chi connectivity index (χ3v) is 7.24. The molecule has 0 amide bonds. The lowest BCUT2D eigenvalue weighted by Gasteiger charge is -2.25. The van der Waals surface area contributed by atoms with Crippen LogP contribution in [0.25, 0.3) is 11.5 Å². The summed E-state index contributed by atoms with van der Waals surface area (Å²) in [6.07, 6.45) is 3.32. The molecule has 0 aliphatic heterocycles. The lowest BCUT2D eigenvalue weighted by Crippen LogP contribution is -2.27. The number of aryl methyl sites for hydroxylation is 1. The van der Waals surface area contributed by atoms with Crippen LogP contribution in [-0.4, -0.2) is 29.7 Å². The molecular weight excluding hydrogens is 354 g/mol. The van der Waals surface area contributed by atoms with Crippen LogP contribution in [-0.2, 0) is 15.6 Å². The number of carbonyl (C=O) groups is 1. The van der Waals surface area contributed by atoms with Crippen molar-refractivity contribution < 1.29 is 22.7 Å². The van der Waals surface area contributed by atoms with Gasteiger partial charge in [0.2, 0.25) is 5.89 Å². The fourth-order valence-corrected chi connectivity index (χ4v) is 5.21. The Bertz CT molecular complexity index is 891. The average molecular weight is 377 g/mol. The first-order valence-corrected chi connectivity index (χ1v) is 10.5. The fourth-order valence-electron chi connectivity index (χ4n) is 3.34. The topological polar surface area (TPSA) is 97.5 Å². The minimum absolute atomic E-state index is 0.116. The van der Waals surface area contributed by atoms with E-state index >= 15 is 0 Å². The number of nitrogens with zero attached hydrogens (tertiary/aromatic N) is 1. The zero-order chi connectivity index (χ0) is 18.9. The van der Waals surface area contributed by atoms with E-state index in [1.807, 2.05) is 0 Å². The first-order valence-electron chi connectivity index (χ1n) is 8.78. The molecular formula is C19H23NO5S. The number of sulfone groups is 1. The highest BCUT2D eigenvalue weighted by Crippen LogP contribution is 2.31. The van der Waals surface area contributed by atoms with Crippen LogP contribution in [0.3, 0.4) is 0 Å². The van der Waals surface area contributed by atoms with E-state index in [-0.39, 0.29) is 16.6 Å². The van der Waals surface area contributed by atoms with Crippen LogP contribution < -0.4 is 0 Å². The SMILES string of the molecule is Cc1oc(-c2ccc(C(=O)O)cc2)nc1CS(=O)(=O)C1CCC(C)CC1. The summed E-state index contributed by atoms with van der Waals surface area (Å²) in [5.74, 6) is 0.260. The highest BCUT2D eigenvalue weighted by Gasteiger charge is 2.31. The molecule has 2 aromatic rings. The van der Waals surface area contributed by atoms with Crippen molar-refractivity contribution in [3.8, 4) is 11.5 Å². The van der Waals surface area contributed by atoms with Gasteiger partial charge in [0.1, 0.15) is 5.76 Å². The van der Waals surface area contributed by atoms with Gasteiger partial charge in [0.05, 0.1) is 22.3 Å². The molecule has 0 spiro atoms. The molecule has 3 rings (SSSR count). The normalized spacial score (nSPS) is 20.8. The Balaban J connectivity index is 1.78. The van der Waals surface area contributed by atoms with Crippen molar-refractivity contribution >= 4 is 15.8 Å². The van der Waals surface area contributed by atoms with Crippen LogP contribution in [0.15, 0.2) is 28.7 Å². The minimum atomic E-state index is -3.27. The van der Waals surface area contributed by atoms with E-state index < -0.39 is 15.8 Å². The van der Waals surface area contributed by atoms with Gasteiger partial charge in [-0.25, -0.2) is 18.2 Å².